The fourth-order valence-electron chi connectivity index (χ4n) is 1.63. The van der Waals surface area contributed by atoms with Gasteiger partial charge in [-0.3, -0.25) is 0 Å². The molecule has 0 rings (SSSR count). The van der Waals surface area contributed by atoms with Crippen LogP contribution in [0.1, 0.15) is 46.0 Å². The van der Waals surface area contributed by atoms with E-state index >= 15 is 0 Å². The van der Waals surface area contributed by atoms with Gasteiger partial charge in [0.15, 0.2) is 0 Å². The first kappa shape index (κ1) is 20.4. The van der Waals surface area contributed by atoms with Crippen LogP contribution in [-0.4, -0.2) is 36.5 Å². The van der Waals surface area contributed by atoms with Crippen LogP contribution in [0.25, 0.3) is 0 Å². The Morgan fingerprint density at radius 3 is 2.47 bits per heavy atom. The Labute approximate surface area is 115 Å². The highest BCUT2D eigenvalue weighted by molar-refractivity contribution is 5.81. The van der Waals surface area contributed by atoms with Gasteiger partial charge in [0, 0.05) is 6.08 Å². The van der Waals surface area contributed by atoms with Crippen molar-refractivity contribution in [3.63, 3.8) is 0 Å². The molecule has 0 aromatic carbocycles. The SMILES string of the molecule is C=CC(=O)OCC(CO)OC(CC)CCCCC.[O-2]. The van der Waals surface area contributed by atoms with Crippen molar-refractivity contribution in [3.05, 3.63) is 12.7 Å². The molecule has 0 aromatic heterocycles. The van der Waals surface area contributed by atoms with E-state index in [4.69, 9.17) is 9.47 Å². The number of carbonyl (C=O) groups excluding carboxylic acids is 1. The number of esters is 1. The van der Waals surface area contributed by atoms with E-state index in [2.05, 4.69) is 20.4 Å². The molecule has 0 fully saturated rings. The van der Waals surface area contributed by atoms with Crippen molar-refractivity contribution in [2.24, 2.45) is 0 Å². The molecule has 0 saturated heterocycles. The number of hydrogen-bond acceptors (Lipinski definition) is 4. The van der Waals surface area contributed by atoms with Crippen LogP contribution < -0.4 is 0 Å². The lowest BCUT2D eigenvalue weighted by Gasteiger charge is -2.22. The Hall–Kier alpha value is -0.910. The Balaban J connectivity index is 0. The molecule has 0 amide bonds. The number of unbranched alkanes of at least 4 members (excludes halogenated alkanes) is 2. The third kappa shape index (κ3) is 10.7. The van der Waals surface area contributed by atoms with E-state index in [1.807, 2.05) is 0 Å². The van der Waals surface area contributed by atoms with Crippen molar-refractivity contribution in [3.8, 4) is 0 Å². The highest BCUT2D eigenvalue weighted by Gasteiger charge is 2.16. The molecule has 0 aromatic rings. The van der Waals surface area contributed by atoms with Crippen molar-refractivity contribution >= 4 is 5.97 Å². The maximum absolute atomic E-state index is 10.9. The van der Waals surface area contributed by atoms with Gasteiger partial charge in [0.1, 0.15) is 12.7 Å². The predicted octanol–water partition coefficient (Wildman–Crippen LogP) is 2.33. The van der Waals surface area contributed by atoms with Gasteiger partial charge < -0.3 is 20.1 Å². The largest absolute Gasteiger partial charge is 2.00 e. The fraction of sp³-hybridized carbons (Fsp3) is 0.786. The van der Waals surface area contributed by atoms with Crippen molar-refractivity contribution in [2.75, 3.05) is 13.2 Å². The minimum Gasteiger partial charge on any atom is -2.00 e. The summed E-state index contributed by atoms with van der Waals surface area (Å²) >= 11 is 0. The summed E-state index contributed by atoms with van der Waals surface area (Å²) in [6, 6.07) is 0. The minimum atomic E-state index is -0.490. The normalized spacial score (nSPS) is 13.2. The van der Waals surface area contributed by atoms with E-state index in [9.17, 15) is 9.90 Å². The Morgan fingerprint density at radius 2 is 2.00 bits per heavy atom. The molecular weight excluding hydrogens is 248 g/mol. The zero-order valence-electron chi connectivity index (χ0n) is 12.0. The minimum absolute atomic E-state index is 0. The summed E-state index contributed by atoms with van der Waals surface area (Å²) in [5.41, 5.74) is 0. The quantitative estimate of drug-likeness (QED) is 0.356. The highest BCUT2D eigenvalue weighted by atomic mass is 16.6. The van der Waals surface area contributed by atoms with Crippen LogP contribution in [0.4, 0.5) is 0 Å². The number of hydrogen-bond donors (Lipinski definition) is 1. The standard InChI is InChI=1S/C14H26O4.O/c1-4-7-8-9-12(5-2)18-13(10-15)11-17-14(16)6-3;/h6,12-13,15H,3-5,7-11H2,1-2H3;/q;-2. The molecule has 114 valence electrons. The zero-order chi connectivity index (χ0) is 13.8. The summed E-state index contributed by atoms with van der Waals surface area (Å²) in [5, 5.41) is 9.19. The molecule has 5 heteroatoms. The Bertz CT molecular complexity index is 230. The zero-order valence-corrected chi connectivity index (χ0v) is 12.0. The van der Waals surface area contributed by atoms with Gasteiger partial charge >= 0.3 is 5.97 Å². The van der Waals surface area contributed by atoms with Crippen molar-refractivity contribution < 1.29 is 24.9 Å². The average Bonchev–Trinajstić information content (AvgIpc) is 2.41. The molecule has 2 atom stereocenters. The molecule has 0 bridgehead atoms. The summed E-state index contributed by atoms with van der Waals surface area (Å²) in [5.74, 6) is -0.490. The fourth-order valence-corrected chi connectivity index (χ4v) is 1.63. The van der Waals surface area contributed by atoms with Gasteiger partial charge in [-0.25, -0.2) is 4.79 Å². The second-order valence-corrected chi connectivity index (χ2v) is 4.30. The smallest absolute Gasteiger partial charge is 0.330 e. The molecule has 19 heavy (non-hydrogen) atoms. The lowest BCUT2D eigenvalue weighted by atomic mass is 10.1. The monoisotopic (exact) mass is 274 g/mol. The van der Waals surface area contributed by atoms with Gasteiger partial charge in [-0.05, 0) is 12.8 Å². The summed E-state index contributed by atoms with van der Waals surface area (Å²) in [7, 11) is 0. The van der Waals surface area contributed by atoms with Crippen LogP contribution in [0, 0.1) is 0 Å². The predicted molar refractivity (Wildman–Crippen MR) is 72.0 cm³/mol. The molecule has 1 N–H and O–H groups in total. The summed E-state index contributed by atoms with van der Waals surface area (Å²) in [6.07, 6.45) is 6.15. The van der Waals surface area contributed by atoms with Crippen LogP contribution in [0.15, 0.2) is 12.7 Å². The Kier molecular flexibility index (Phi) is 14.5. The van der Waals surface area contributed by atoms with Gasteiger partial charge in [-0.1, -0.05) is 39.7 Å². The summed E-state index contributed by atoms with van der Waals surface area (Å²) in [4.78, 5) is 10.9. The topological polar surface area (TPSA) is 84.3 Å². The maximum Gasteiger partial charge on any atom is 0.330 e. The maximum atomic E-state index is 10.9. The van der Waals surface area contributed by atoms with E-state index in [0.717, 1.165) is 25.3 Å². The number of carbonyl (C=O) groups is 1. The molecule has 5 nitrogen and oxygen atoms in total. The van der Waals surface area contributed by atoms with Crippen molar-refractivity contribution in [1.29, 1.82) is 0 Å². The first-order valence-electron chi connectivity index (χ1n) is 6.73. The molecule has 0 aliphatic carbocycles. The van der Waals surface area contributed by atoms with E-state index in [1.165, 1.54) is 12.8 Å². The van der Waals surface area contributed by atoms with Gasteiger partial charge in [-0.15, -0.1) is 0 Å². The first-order chi connectivity index (χ1) is 8.67. The van der Waals surface area contributed by atoms with Crippen LogP contribution in [0.5, 0.6) is 0 Å². The first-order valence-corrected chi connectivity index (χ1v) is 6.73. The molecule has 0 saturated carbocycles. The third-order valence-corrected chi connectivity index (χ3v) is 2.75. The van der Waals surface area contributed by atoms with E-state index in [0.29, 0.717) is 0 Å². The van der Waals surface area contributed by atoms with E-state index in [-0.39, 0.29) is 24.8 Å². The van der Waals surface area contributed by atoms with Gasteiger partial charge in [-0.2, -0.15) is 0 Å². The average molecular weight is 274 g/mol. The summed E-state index contributed by atoms with van der Waals surface area (Å²) < 4.78 is 10.6. The summed E-state index contributed by atoms with van der Waals surface area (Å²) in [6.45, 7) is 7.46. The number of aliphatic hydroxyl groups is 1. The van der Waals surface area contributed by atoms with Gasteiger partial charge in [0.05, 0.1) is 12.7 Å². The van der Waals surface area contributed by atoms with Crippen LogP contribution in [-0.2, 0) is 19.7 Å². The van der Waals surface area contributed by atoms with Gasteiger partial charge in [0.2, 0.25) is 0 Å². The van der Waals surface area contributed by atoms with E-state index in [1.54, 1.807) is 0 Å². The van der Waals surface area contributed by atoms with Crippen molar-refractivity contribution in [2.45, 2.75) is 58.2 Å². The second-order valence-electron chi connectivity index (χ2n) is 4.30. The molecule has 0 spiro atoms. The number of ether oxygens (including phenoxy) is 2. The van der Waals surface area contributed by atoms with Crippen molar-refractivity contribution in [1.82, 2.24) is 0 Å². The molecule has 0 radical (unpaired) electrons. The second kappa shape index (κ2) is 13.5. The lowest BCUT2D eigenvalue weighted by molar-refractivity contribution is -0.145. The molecule has 2 unspecified atom stereocenters. The third-order valence-electron chi connectivity index (χ3n) is 2.75. The van der Waals surface area contributed by atoms with Crippen LogP contribution in [0.2, 0.25) is 0 Å². The van der Waals surface area contributed by atoms with Crippen LogP contribution >= 0.6 is 0 Å². The molecule has 0 aliphatic heterocycles. The molecular formula is C14H26O5-2. The Morgan fingerprint density at radius 1 is 1.32 bits per heavy atom. The van der Waals surface area contributed by atoms with E-state index < -0.39 is 12.1 Å². The number of rotatable bonds is 11. The molecule has 0 heterocycles. The number of aliphatic hydroxyl groups excluding tert-OH is 1. The van der Waals surface area contributed by atoms with Gasteiger partial charge in [0.25, 0.3) is 0 Å². The van der Waals surface area contributed by atoms with Crippen LogP contribution in [0.3, 0.4) is 0 Å². The highest BCUT2D eigenvalue weighted by Crippen LogP contribution is 2.12. The lowest BCUT2D eigenvalue weighted by Crippen LogP contribution is -2.30. The molecule has 0 aliphatic rings.